The second-order valence-corrected chi connectivity index (χ2v) is 7.01. The van der Waals surface area contributed by atoms with Gasteiger partial charge in [0.25, 0.3) is 0 Å². The molecular weight excluding hydrogens is 382 g/mol. The lowest BCUT2D eigenvalue weighted by Crippen LogP contribution is -2.43. The van der Waals surface area contributed by atoms with Crippen molar-refractivity contribution in [3.8, 4) is 11.3 Å². The summed E-state index contributed by atoms with van der Waals surface area (Å²) >= 11 is 1.30. The zero-order chi connectivity index (χ0) is 19.8. The van der Waals surface area contributed by atoms with Crippen molar-refractivity contribution in [3.05, 3.63) is 65.2 Å². The number of carbonyl (C=O) groups excluding carboxylic acids is 1. The average Bonchev–Trinajstić information content (AvgIpc) is 2.69. The van der Waals surface area contributed by atoms with E-state index in [1.165, 1.54) is 17.8 Å². The monoisotopic (exact) mass is 398 g/mol. The van der Waals surface area contributed by atoms with Crippen molar-refractivity contribution in [2.45, 2.75) is 18.6 Å². The van der Waals surface area contributed by atoms with E-state index in [1.54, 1.807) is 6.26 Å². The van der Waals surface area contributed by atoms with E-state index in [2.05, 4.69) is 15.3 Å². The maximum absolute atomic E-state index is 14.5. The van der Waals surface area contributed by atoms with Gasteiger partial charge < -0.3 is 5.32 Å². The van der Waals surface area contributed by atoms with E-state index in [0.29, 0.717) is 16.4 Å². The van der Waals surface area contributed by atoms with Gasteiger partial charge in [0.2, 0.25) is 0 Å². The fourth-order valence-corrected chi connectivity index (χ4v) is 3.56. The Bertz CT molecular complexity index is 1070. The van der Waals surface area contributed by atoms with Gasteiger partial charge in [-0.25, -0.2) is 28.4 Å². The van der Waals surface area contributed by atoms with Gasteiger partial charge in [0.15, 0.2) is 11.0 Å². The van der Waals surface area contributed by atoms with Crippen molar-refractivity contribution in [2.75, 3.05) is 11.2 Å². The Balaban J connectivity index is 2.01. The van der Waals surface area contributed by atoms with Crippen LogP contribution in [-0.4, -0.2) is 22.3 Å². The summed E-state index contributed by atoms with van der Waals surface area (Å²) in [5, 5.41) is 3.09. The Hall–Kier alpha value is -3.00. The summed E-state index contributed by atoms with van der Waals surface area (Å²) in [6, 6.07) is 10.5. The minimum absolute atomic E-state index is 0.166. The van der Waals surface area contributed by atoms with Crippen molar-refractivity contribution in [1.82, 2.24) is 15.3 Å². The van der Waals surface area contributed by atoms with Crippen LogP contribution >= 0.6 is 11.8 Å². The summed E-state index contributed by atoms with van der Waals surface area (Å²) in [5.74, 6) is -1.50. The second-order valence-electron chi connectivity index (χ2n) is 6.24. The number of hydrogen-bond donors (Lipinski definition) is 1. The lowest BCUT2D eigenvalue weighted by Gasteiger charge is -2.30. The molecule has 2 heterocycles. The van der Waals surface area contributed by atoms with Crippen LogP contribution in [0.25, 0.3) is 11.3 Å². The largest absolute Gasteiger partial charge is 0.333 e. The average molecular weight is 398 g/mol. The second kappa shape index (κ2) is 7.20. The van der Waals surface area contributed by atoms with Crippen LogP contribution in [0.2, 0.25) is 0 Å². The van der Waals surface area contributed by atoms with Crippen LogP contribution in [0, 0.1) is 18.6 Å². The van der Waals surface area contributed by atoms with E-state index in [4.69, 9.17) is 0 Å². The van der Waals surface area contributed by atoms with Gasteiger partial charge in [0, 0.05) is 11.1 Å². The fourth-order valence-electron chi connectivity index (χ4n) is 3.20. The van der Waals surface area contributed by atoms with Gasteiger partial charge in [0.1, 0.15) is 17.3 Å². The maximum Gasteiger partial charge on any atom is 0.328 e. The number of nitrogens with one attached hydrogen (secondary N) is 1. The Morgan fingerprint density at radius 1 is 1.07 bits per heavy atom. The maximum atomic E-state index is 14.5. The van der Waals surface area contributed by atoms with E-state index in [-0.39, 0.29) is 12.4 Å². The van der Waals surface area contributed by atoms with E-state index in [9.17, 15) is 13.6 Å². The number of urea groups is 1. The smallest absolute Gasteiger partial charge is 0.328 e. The van der Waals surface area contributed by atoms with Gasteiger partial charge in [-0.3, -0.25) is 0 Å². The third-order valence-electron chi connectivity index (χ3n) is 4.54. The Morgan fingerprint density at radius 2 is 1.79 bits per heavy atom. The minimum Gasteiger partial charge on any atom is -0.333 e. The molecule has 0 fully saturated rings. The number of carbonyl (C=O) groups is 1. The highest BCUT2D eigenvalue weighted by Gasteiger charge is 2.34. The highest BCUT2D eigenvalue weighted by Crippen LogP contribution is 2.39. The zero-order valence-electron chi connectivity index (χ0n) is 15.2. The van der Waals surface area contributed by atoms with Crippen molar-refractivity contribution >= 4 is 29.3 Å². The highest BCUT2D eigenvalue weighted by atomic mass is 32.2. The number of anilines is 2. The number of para-hydroxylation sites is 1. The molecule has 142 valence electrons. The predicted octanol–water partition coefficient (Wildman–Crippen LogP) is 4.81. The third-order valence-corrected chi connectivity index (χ3v) is 5.09. The van der Waals surface area contributed by atoms with Gasteiger partial charge in [-0.05, 0) is 30.9 Å². The van der Waals surface area contributed by atoms with Crippen molar-refractivity contribution < 1.29 is 13.6 Å². The number of thioether (sulfide) groups is 1. The van der Waals surface area contributed by atoms with Crippen LogP contribution in [-0.2, 0) is 6.54 Å². The molecule has 4 rings (SSSR count). The SMILES string of the molecule is CSc1nc(-c2ccccc2C)c2c(n1)N(c1c(F)cccc1F)C(=O)NC2. The fraction of sp³-hybridized carbons (Fsp3) is 0.150. The van der Waals surface area contributed by atoms with Crippen LogP contribution in [0.3, 0.4) is 0 Å². The molecule has 8 heteroatoms. The van der Waals surface area contributed by atoms with Gasteiger partial charge in [0.05, 0.1) is 12.2 Å². The molecule has 0 spiro atoms. The number of benzene rings is 2. The molecule has 1 aliphatic rings. The molecule has 5 nitrogen and oxygen atoms in total. The number of hydrogen-bond acceptors (Lipinski definition) is 4. The molecule has 0 atom stereocenters. The first kappa shape index (κ1) is 18.4. The summed E-state index contributed by atoms with van der Waals surface area (Å²) in [6.07, 6.45) is 1.81. The molecule has 1 N–H and O–H groups in total. The molecule has 0 radical (unpaired) electrons. The molecule has 0 saturated heterocycles. The lowest BCUT2D eigenvalue weighted by molar-refractivity contribution is 0.246. The first-order valence-electron chi connectivity index (χ1n) is 8.54. The summed E-state index contributed by atoms with van der Waals surface area (Å²) in [6.45, 7) is 2.12. The van der Waals surface area contributed by atoms with Crippen molar-refractivity contribution in [3.63, 3.8) is 0 Å². The molecule has 2 amide bonds. The minimum atomic E-state index is -0.843. The topological polar surface area (TPSA) is 58.1 Å². The van der Waals surface area contributed by atoms with Gasteiger partial charge in [-0.2, -0.15) is 0 Å². The van der Waals surface area contributed by atoms with Crippen molar-refractivity contribution in [2.24, 2.45) is 0 Å². The summed E-state index contributed by atoms with van der Waals surface area (Å²) < 4.78 is 28.9. The number of fused-ring (bicyclic) bond motifs is 1. The highest BCUT2D eigenvalue weighted by molar-refractivity contribution is 7.98. The summed E-state index contributed by atoms with van der Waals surface area (Å²) in [4.78, 5) is 22.6. The summed E-state index contributed by atoms with van der Waals surface area (Å²) in [7, 11) is 0. The third kappa shape index (κ3) is 2.99. The Labute approximate surface area is 164 Å². The molecule has 0 bridgehead atoms. The number of aryl methyl sites for hydroxylation is 1. The normalized spacial score (nSPS) is 13.3. The van der Waals surface area contributed by atoms with E-state index in [1.807, 2.05) is 31.2 Å². The molecule has 2 aromatic carbocycles. The molecule has 0 unspecified atom stereocenters. The Morgan fingerprint density at radius 3 is 2.46 bits per heavy atom. The quantitative estimate of drug-likeness (QED) is 0.508. The first-order chi connectivity index (χ1) is 13.5. The van der Waals surface area contributed by atoms with E-state index < -0.39 is 23.4 Å². The van der Waals surface area contributed by atoms with Crippen LogP contribution < -0.4 is 10.2 Å². The van der Waals surface area contributed by atoms with E-state index in [0.717, 1.165) is 28.2 Å². The molecule has 0 saturated carbocycles. The Kier molecular flexibility index (Phi) is 4.72. The molecular formula is C20H16F2N4OS. The van der Waals surface area contributed by atoms with Gasteiger partial charge in [-0.1, -0.05) is 42.1 Å². The number of rotatable bonds is 3. The molecule has 28 heavy (non-hydrogen) atoms. The zero-order valence-corrected chi connectivity index (χ0v) is 16.0. The molecule has 1 aliphatic heterocycles. The lowest BCUT2D eigenvalue weighted by atomic mass is 10.0. The van der Waals surface area contributed by atoms with Gasteiger partial charge >= 0.3 is 6.03 Å². The van der Waals surface area contributed by atoms with E-state index >= 15 is 0 Å². The number of nitrogens with zero attached hydrogens (tertiary/aromatic N) is 3. The summed E-state index contributed by atoms with van der Waals surface area (Å²) in [5.41, 5.74) is 2.66. The predicted molar refractivity (Wildman–Crippen MR) is 105 cm³/mol. The number of amides is 2. The molecule has 0 aliphatic carbocycles. The van der Waals surface area contributed by atoms with Crippen molar-refractivity contribution in [1.29, 1.82) is 0 Å². The molecule has 3 aromatic rings. The number of halogens is 2. The molecule has 1 aromatic heterocycles. The van der Waals surface area contributed by atoms with Gasteiger partial charge in [-0.15, -0.1) is 0 Å². The van der Waals surface area contributed by atoms with Crippen LogP contribution in [0.4, 0.5) is 25.1 Å². The van der Waals surface area contributed by atoms with Crippen LogP contribution in [0.1, 0.15) is 11.1 Å². The van der Waals surface area contributed by atoms with Crippen LogP contribution in [0.5, 0.6) is 0 Å². The standard InChI is InChI=1S/C20H16F2N4OS/c1-11-6-3-4-7-12(11)16-13-10-23-20(27)26(18(13)25-19(24-16)28-2)17-14(21)8-5-9-15(17)22/h3-9H,10H2,1-2H3,(H,23,27). The first-order valence-corrected chi connectivity index (χ1v) is 9.76. The number of aromatic nitrogens is 2. The van der Waals surface area contributed by atoms with Crippen LogP contribution in [0.15, 0.2) is 47.6 Å².